The van der Waals surface area contributed by atoms with Gasteiger partial charge < -0.3 is 5.32 Å². The van der Waals surface area contributed by atoms with Gasteiger partial charge in [0.25, 0.3) is 0 Å². The molecule has 0 aliphatic rings. The molecule has 2 aromatic carbocycles. The summed E-state index contributed by atoms with van der Waals surface area (Å²) in [6, 6.07) is 16.0. The molecule has 2 aromatic rings. The maximum absolute atomic E-state index is 4.20. The van der Waals surface area contributed by atoms with E-state index in [1.807, 2.05) is 42.5 Å². The average Bonchev–Trinajstić information content (AvgIpc) is 2.44. The quantitative estimate of drug-likeness (QED) is 0.637. The number of nitrogens with zero attached hydrogens (tertiary/aromatic N) is 1. The van der Waals surface area contributed by atoms with Crippen molar-refractivity contribution in [3.05, 3.63) is 77.6 Å². The molecule has 2 rings (SSSR count). The van der Waals surface area contributed by atoms with Crippen LogP contribution >= 0.6 is 0 Å². The Morgan fingerprint density at radius 3 is 2.55 bits per heavy atom. The Morgan fingerprint density at radius 1 is 1.05 bits per heavy atom. The molecule has 0 aliphatic heterocycles. The molecule has 20 heavy (non-hydrogen) atoms. The van der Waals surface area contributed by atoms with Crippen molar-refractivity contribution in [3.63, 3.8) is 0 Å². The fraction of sp³-hybridized carbons (Fsp3) is 0.118. The average molecular weight is 265 g/mol. The molecule has 102 valence electrons. The first-order valence-corrected chi connectivity index (χ1v) is 6.53. The molecule has 0 bridgehead atoms. The summed E-state index contributed by atoms with van der Waals surface area (Å²) in [6.07, 6.45) is 1.81. The number of aryl methyl sites for hydroxylation is 1. The molecule has 0 amide bonds. The fourth-order valence-electron chi connectivity index (χ4n) is 1.82. The van der Waals surface area contributed by atoms with Gasteiger partial charge in [0.05, 0.1) is 6.21 Å². The third-order valence-corrected chi connectivity index (χ3v) is 3.12. The first-order chi connectivity index (χ1) is 9.66. The Hall–Kier alpha value is -2.55. The first-order valence-electron chi connectivity index (χ1n) is 6.53. The highest BCUT2D eigenvalue weighted by molar-refractivity contribution is 5.82. The number of anilines is 1. The first kappa shape index (κ1) is 13.9. The van der Waals surface area contributed by atoms with Crippen LogP contribution in [0, 0.1) is 13.8 Å². The molecule has 0 atom stereocenters. The van der Waals surface area contributed by atoms with Crippen LogP contribution in [-0.2, 0) is 0 Å². The molecular weight excluding hydrogens is 246 g/mol. The number of nitrogens with one attached hydrogen (secondary N) is 2. The molecule has 0 saturated heterocycles. The van der Waals surface area contributed by atoms with Gasteiger partial charge in [-0.05, 0) is 42.7 Å². The molecule has 0 spiro atoms. The van der Waals surface area contributed by atoms with E-state index >= 15 is 0 Å². The largest absolute Gasteiger partial charge is 0.341 e. The van der Waals surface area contributed by atoms with Gasteiger partial charge in [0, 0.05) is 5.69 Å². The van der Waals surface area contributed by atoms with Gasteiger partial charge in [-0.3, -0.25) is 5.43 Å². The summed E-state index contributed by atoms with van der Waals surface area (Å²) in [5.74, 6) is 0.637. The van der Waals surface area contributed by atoms with Gasteiger partial charge in [0.1, 0.15) is 5.82 Å². The number of benzene rings is 2. The van der Waals surface area contributed by atoms with E-state index in [1.165, 1.54) is 11.1 Å². The minimum absolute atomic E-state index is 0.637. The van der Waals surface area contributed by atoms with Crippen LogP contribution in [0.1, 0.15) is 16.7 Å². The summed E-state index contributed by atoms with van der Waals surface area (Å²) in [7, 11) is 0. The number of para-hydroxylation sites is 1. The van der Waals surface area contributed by atoms with Gasteiger partial charge in [-0.25, -0.2) is 0 Å². The Balaban J connectivity index is 1.93. The van der Waals surface area contributed by atoms with Crippen molar-refractivity contribution in [2.45, 2.75) is 13.8 Å². The van der Waals surface area contributed by atoms with E-state index in [1.54, 1.807) is 6.21 Å². The van der Waals surface area contributed by atoms with Crippen LogP contribution in [0.15, 0.2) is 66.0 Å². The summed E-state index contributed by atoms with van der Waals surface area (Å²) in [5, 5.41) is 7.34. The molecule has 0 aliphatic carbocycles. The second-order valence-corrected chi connectivity index (χ2v) is 4.63. The maximum atomic E-state index is 4.20. The third kappa shape index (κ3) is 3.72. The van der Waals surface area contributed by atoms with E-state index in [-0.39, 0.29) is 0 Å². The van der Waals surface area contributed by atoms with Crippen molar-refractivity contribution in [1.29, 1.82) is 0 Å². The summed E-state index contributed by atoms with van der Waals surface area (Å²) < 4.78 is 0. The number of hydrazone groups is 1. The van der Waals surface area contributed by atoms with Crippen LogP contribution in [0.5, 0.6) is 0 Å². The maximum Gasteiger partial charge on any atom is 0.116 e. The van der Waals surface area contributed by atoms with E-state index in [0.29, 0.717) is 5.82 Å². The number of hydrogen-bond acceptors (Lipinski definition) is 3. The highest BCUT2D eigenvalue weighted by Gasteiger charge is 1.97. The minimum atomic E-state index is 0.637. The molecule has 0 unspecified atom stereocenters. The zero-order valence-corrected chi connectivity index (χ0v) is 11.9. The van der Waals surface area contributed by atoms with Crippen molar-refractivity contribution in [1.82, 2.24) is 5.43 Å². The van der Waals surface area contributed by atoms with Crippen LogP contribution in [0.4, 0.5) is 5.69 Å². The lowest BCUT2D eigenvalue weighted by Gasteiger charge is -2.08. The van der Waals surface area contributed by atoms with Crippen LogP contribution < -0.4 is 10.7 Å². The van der Waals surface area contributed by atoms with Gasteiger partial charge in [0.15, 0.2) is 0 Å². The smallest absolute Gasteiger partial charge is 0.116 e. The Kier molecular flexibility index (Phi) is 4.56. The van der Waals surface area contributed by atoms with Crippen molar-refractivity contribution in [3.8, 4) is 0 Å². The lowest BCUT2D eigenvalue weighted by molar-refractivity contribution is 0.905. The van der Waals surface area contributed by atoms with E-state index in [9.17, 15) is 0 Å². The van der Waals surface area contributed by atoms with Crippen LogP contribution in [0.25, 0.3) is 0 Å². The summed E-state index contributed by atoms with van der Waals surface area (Å²) in [6.45, 7) is 8.07. The van der Waals surface area contributed by atoms with Gasteiger partial charge in [-0.1, -0.05) is 43.0 Å². The van der Waals surface area contributed by atoms with Crippen LogP contribution in [-0.4, -0.2) is 6.21 Å². The van der Waals surface area contributed by atoms with E-state index < -0.39 is 0 Å². The highest BCUT2D eigenvalue weighted by Crippen LogP contribution is 2.10. The summed E-state index contributed by atoms with van der Waals surface area (Å²) in [4.78, 5) is 0. The monoisotopic (exact) mass is 265 g/mol. The van der Waals surface area contributed by atoms with Gasteiger partial charge in [-0.15, -0.1) is 0 Å². The fourth-order valence-corrected chi connectivity index (χ4v) is 1.82. The second-order valence-electron chi connectivity index (χ2n) is 4.63. The van der Waals surface area contributed by atoms with Gasteiger partial charge in [-0.2, -0.15) is 5.10 Å². The van der Waals surface area contributed by atoms with Crippen molar-refractivity contribution in [2.24, 2.45) is 5.10 Å². The topological polar surface area (TPSA) is 36.4 Å². The lowest BCUT2D eigenvalue weighted by atomic mass is 10.0. The van der Waals surface area contributed by atoms with Crippen LogP contribution in [0.2, 0.25) is 0 Å². The normalized spacial score (nSPS) is 10.5. The van der Waals surface area contributed by atoms with Gasteiger partial charge in [0.2, 0.25) is 0 Å². The van der Waals surface area contributed by atoms with Gasteiger partial charge >= 0.3 is 0 Å². The third-order valence-electron chi connectivity index (χ3n) is 3.12. The SMILES string of the molecule is C=C(N/N=C/c1cccc(C)c1C)Nc1ccccc1. The van der Waals surface area contributed by atoms with Crippen molar-refractivity contribution in [2.75, 3.05) is 5.32 Å². The molecule has 2 N–H and O–H groups in total. The second kappa shape index (κ2) is 6.57. The molecule has 0 fully saturated rings. The van der Waals surface area contributed by atoms with Crippen LogP contribution in [0.3, 0.4) is 0 Å². The van der Waals surface area contributed by atoms with Crippen molar-refractivity contribution >= 4 is 11.9 Å². The Bertz CT molecular complexity index is 615. The Labute approximate surface area is 120 Å². The van der Waals surface area contributed by atoms with E-state index in [4.69, 9.17) is 0 Å². The zero-order valence-electron chi connectivity index (χ0n) is 11.9. The number of rotatable bonds is 5. The number of hydrogen-bond donors (Lipinski definition) is 2. The molecule has 0 aromatic heterocycles. The molecule has 3 nitrogen and oxygen atoms in total. The zero-order chi connectivity index (χ0) is 14.4. The molecule has 0 heterocycles. The standard InChI is InChI=1S/C17H19N3/c1-13-8-7-9-16(14(13)2)12-18-20-15(3)19-17-10-5-4-6-11-17/h4-12,19-20H,3H2,1-2H3/b18-12+. The van der Waals surface area contributed by atoms with Crippen molar-refractivity contribution < 1.29 is 0 Å². The summed E-state index contributed by atoms with van der Waals surface area (Å²) >= 11 is 0. The minimum Gasteiger partial charge on any atom is -0.341 e. The highest BCUT2D eigenvalue weighted by atomic mass is 15.3. The summed E-state index contributed by atoms with van der Waals surface area (Å²) in [5.41, 5.74) is 7.47. The molecule has 3 heteroatoms. The Morgan fingerprint density at radius 2 is 1.80 bits per heavy atom. The molecular formula is C17H19N3. The predicted octanol–water partition coefficient (Wildman–Crippen LogP) is 3.81. The van der Waals surface area contributed by atoms with E-state index in [2.05, 4.69) is 42.3 Å². The molecule has 0 saturated carbocycles. The van der Waals surface area contributed by atoms with E-state index in [0.717, 1.165) is 11.3 Å². The lowest BCUT2D eigenvalue weighted by Crippen LogP contribution is -2.13. The molecule has 0 radical (unpaired) electrons. The predicted molar refractivity (Wildman–Crippen MR) is 85.9 cm³/mol.